The smallest absolute Gasteiger partial charge is 0.412 e. The lowest BCUT2D eigenvalue weighted by molar-refractivity contribution is 0.0636. The van der Waals surface area contributed by atoms with Crippen molar-refractivity contribution in [3.8, 4) is 0 Å². The van der Waals surface area contributed by atoms with E-state index in [4.69, 9.17) is 12.6 Å². The van der Waals surface area contributed by atoms with Gasteiger partial charge in [0, 0.05) is 5.69 Å². The van der Waals surface area contributed by atoms with Gasteiger partial charge in [0.25, 0.3) is 0 Å². The number of benzene rings is 1. The molecule has 1 aliphatic carbocycles. The molecular weight excluding hydrogens is 225 g/mol. The molecule has 0 bridgehead atoms. The summed E-state index contributed by atoms with van der Waals surface area (Å²) in [5.74, 6) is 0.604. The fourth-order valence-corrected chi connectivity index (χ4v) is 1.82. The van der Waals surface area contributed by atoms with Crippen LogP contribution in [0.4, 0.5) is 10.5 Å². The van der Waals surface area contributed by atoms with E-state index in [2.05, 4.69) is 5.32 Å². The van der Waals surface area contributed by atoms with Gasteiger partial charge in [0.15, 0.2) is 0 Å². The first-order chi connectivity index (χ1) is 8.33. The topological polar surface area (TPSA) is 38.3 Å². The Morgan fingerprint density at radius 2 is 2.00 bits per heavy atom. The van der Waals surface area contributed by atoms with Gasteiger partial charge in [-0.1, -0.05) is 11.5 Å². The van der Waals surface area contributed by atoms with E-state index in [0.717, 1.165) is 0 Å². The molecule has 0 aliphatic heterocycles. The minimum absolute atomic E-state index is 0.449. The lowest BCUT2D eigenvalue weighted by atomic mass is 9.92. The standard InChI is InChI=1S/C14H18BNO2/c1-14(2,3)18-13(17)16-12-7-10(9-4-5-9)6-11(15)8-12/h6-9H,4-5H2,1-3H3,(H,16,17). The molecule has 2 rings (SSSR count). The predicted octanol–water partition coefficient (Wildman–Crippen LogP) is 2.70. The first-order valence-electron chi connectivity index (χ1n) is 6.24. The first-order valence-corrected chi connectivity index (χ1v) is 6.24. The zero-order valence-electron chi connectivity index (χ0n) is 11.1. The van der Waals surface area contributed by atoms with Crippen molar-refractivity contribution >= 4 is 25.1 Å². The fourth-order valence-electron chi connectivity index (χ4n) is 1.82. The molecule has 0 heterocycles. The Hall–Kier alpha value is -1.45. The van der Waals surface area contributed by atoms with Crippen LogP contribution in [0.25, 0.3) is 0 Å². The summed E-state index contributed by atoms with van der Waals surface area (Å²) in [5.41, 5.74) is 2.07. The van der Waals surface area contributed by atoms with Crippen LogP contribution < -0.4 is 10.8 Å². The second-order valence-corrected chi connectivity index (χ2v) is 5.79. The zero-order valence-corrected chi connectivity index (χ0v) is 11.1. The van der Waals surface area contributed by atoms with E-state index >= 15 is 0 Å². The van der Waals surface area contributed by atoms with Crippen molar-refractivity contribution in [2.45, 2.75) is 45.1 Å². The molecule has 1 fully saturated rings. The maximum Gasteiger partial charge on any atom is 0.412 e. The number of anilines is 1. The van der Waals surface area contributed by atoms with Crippen molar-refractivity contribution < 1.29 is 9.53 Å². The lowest BCUT2D eigenvalue weighted by Crippen LogP contribution is -2.27. The SMILES string of the molecule is [B]c1cc(NC(=O)OC(C)(C)C)cc(C2CC2)c1. The van der Waals surface area contributed by atoms with Crippen LogP contribution in [-0.4, -0.2) is 19.5 Å². The largest absolute Gasteiger partial charge is 0.444 e. The summed E-state index contributed by atoms with van der Waals surface area (Å²) in [6.45, 7) is 5.50. The molecule has 1 aromatic rings. The van der Waals surface area contributed by atoms with E-state index in [0.29, 0.717) is 17.1 Å². The van der Waals surface area contributed by atoms with Gasteiger partial charge in [0.1, 0.15) is 13.4 Å². The van der Waals surface area contributed by atoms with Crippen molar-refractivity contribution in [3.05, 3.63) is 23.8 Å². The summed E-state index contributed by atoms with van der Waals surface area (Å²) in [6.07, 6.45) is 1.96. The quantitative estimate of drug-likeness (QED) is 0.811. The van der Waals surface area contributed by atoms with E-state index in [9.17, 15) is 4.79 Å². The van der Waals surface area contributed by atoms with Crippen LogP contribution in [0.1, 0.15) is 45.1 Å². The Labute approximate surface area is 109 Å². The number of rotatable bonds is 2. The van der Waals surface area contributed by atoms with E-state index in [1.807, 2.05) is 32.9 Å². The van der Waals surface area contributed by atoms with E-state index < -0.39 is 11.7 Å². The number of hydrogen-bond donors (Lipinski definition) is 1. The van der Waals surface area contributed by atoms with Crippen LogP contribution in [0.5, 0.6) is 0 Å². The highest BCUT2D eigenvalue weighted by Gasteiger charge is 2.24. The molecule has 0 saturated heterocycles. The van der Waals surface area contributed by atoms with Gasteiger partial charge in [0.05, 0.1) is 0 Å². The van der Waals surface area contributed by atoms with Gasteiger partial charge < -0.3 is 4.74 Å². The summed E-state index contributed by atoms with van der Waals surface area (Å²) < 4.78 is 5.21. The molecule has 1 saturated carbocycles. The van der Waals surface area contributed by atoms with E-state index in [1.54, 1.807) is 6.07 Å². The Bertz CT molecular complexity index is 461. The van der Waals surface area contributed by atoms with Crippen molar-refractivity contribution in [1.82, 2.24) is 0 Å². The van der Waals surface area contributed by atoms with E-state index in [-0.39, 0.29) is 0 Å². The van der Waals surface area contributed by atoms with Gasteiger partial charge in [-0.3, -0.25) is 5.32 Å². The lowest BCUT2D eigenvalue weighted by Gasteiger charge is -2.20. The van der Waals surface area contributed by atoms with Crippen LogP contribution in [0, 0.1) is 0 Å². The average Bonchev–Trinajstić information content (AvgIpc) is 2.95. The number of hydrogen-bond acceptors (Lipinski definition) is 2. The summed E-state index contributed by atoms with van der Waals surface area (Å²) in [4.78, 5) is 11.7. The zero-order chi connectivity index (χ0) is 13.3. The number of nitrogens with one attached hydrogen (secondary N) is 1. The number of ether oxygens (including phenoxy) is 1. The van der Waals surface area contributed by atoms with Crippen LogP contribution in [0.2, 0.25) is 0 Å². The molecule has 1 aliphatic rings. The maximum absolute atomic E-state index is 11.7. The summed E-state index contributed by atoms with van der Waals surface area (Å²) in [7, 11) is 5.84. The monoisotopic (exact) mass is 243 g/mol. The molecule has 18 heavy (non-hydrogen) atoms. The Kier molecular flexibility index (Phi) is 3.37. The highest BCUT2D eigenvalue weighted by Crippen LogP contribution is 2.40. The number of amides is 1. The number of carbonyl (C=O) groups excluding carboxylic acids is 1. The van der Waals surface area contributed by atoms with Crippen molar-refractivity contribution in [2.24, 2.45) is 0 Å². The second-order valence-electron chi connectivity index (χ2n) is 5.79. The molecule has 3 nitrogen and oxygen atoms in total. The third-order valence-electron chi connectivity index (χ3n) is 2.67. The summed E-state index contributed by atoms with van der Waals surface area (Å²) in [6, 6.07) is 5.69. The molecule has 2 radical (unpaired) electrons. The van der Waals surface area contributed by atoms with Crippen molar-refractivity contribution in [1.29, 1.82) is 0 Å². The van der Waals surface area contributed by atoms with Gasteiger partial charge in [-0.25, -0.2) is 4.79 Å². The molecule has 0 unspecified atom stereocenters. The Balaban J connectivity index is 2.06. The highest BCUT2D eigenvalue weighted by molar-refractivity contribution is 6.32. The molecule has 0 spiro atoms. The molecule has 0 aromatic heterocycles. The molecule has 1 N–H and O–H groups in total. The number of carbonyl (C=O) groups is 1. The van der Waals surface area contributed by atoms with Gasteiger partial charge >= 0.3 is 6.09 Å². The minimum Gasteiger partial charge on any atom is -0.444 e. The van der Waals surface area contributed by atoms with Gasteiger partial charge in [0.2, 0.25) is 0 Å². The van der Waals surface area contributed by atoms with Crippen LogP contribution in [-0.2, 0) is 4.74 Å². The van der Waals surface area contributed by atoms with Crippen molar-refractivity contribution in [3.63, 3.8) is 0 Å². The van der Waals surface area contributed by atoms with E-state index in [1.165, 1.54) is 18.4 Å². The first kappa shape index (κ1) is 13.0. The third kappa shape index (κ3) is 3.79. The minimum atomic E-state index is -0.496. The maximum atomic E-state index is 11.7. The molecule has 94 valence electrons. The molecule has 0 atom stereocenters. The normalized spacial score (nSPS) is 15.3. The van der Waals surface area contributed by atoms with Crippen LogP contribution in [0.15, 0.2) is 18.2 Å². The predicted molar refractivity (Wildman–Crippen MR) is 73.7 cm³/mol. The fraction of sp³-hybridized carbons (Fsp3) is 0.500. The second kappa shape index (κ2) is 4.67. The molecule has 1 aromatic carbocycles. The van der Waals surface area contributed by atoms with Gasteiger partial charge in [-0.05, 0) is 57.2 Å². The molecule has 1 amide bonds. The van der Waals surface area contributed by atoms with Crippen molar-refractivity contribution in [2.75, 3.05) is 5.32 Å². The summed E-state index contributed by atoms with van der Waals surface area (Å²) >= 11 is 0. The summed E-state index contributed by atoms with van der Waals surface area (Å²) in [5, 5.41) is 2.72. The van der Waals surface area contributed by atoms with Gasteiger partial charge in [-0.2, -0.15) is 0 Å². The molecular formula is C14H18BNO2. The highest BCUT2D eigenvalue weighted by atomic mass is 16.6. The Morgan fingerprint density at radius 1 is 1.33 bits per heavy atom. The van der Waals surface area contributed by atoms with Gasteiger partial charge in [-0.15, -0.1) is 0 Å². The third-order valence-corrected chi connectivity index (χ3v) is 2.67. The van der Waals surface area contributed by atoms with Crippen LogP contribution >= 0.6 is 0 Å². The van der Waals surface area contributed by atoms with Crippen LogP contribution in [0.3, 0.4) is 0 Å². The Morgan fingerprint density at radius 3 is 2.56 bits per heavy atom. The molecule has 4 heteroatoms. The average molecular weight is 243 g/mol.